The van der Waals surface area contributed by atoms with E-state index in [1.165, 1.54) is 0 Å². The van der Waals surface area contributed by atoms with Crippen LogP contribution in [0.2, 0.25) is 0 Å². The molecule has 0 aliphatic rings. The SMILES string of the molecule is CCOC(=O)Nc1cn2nc(OCc3cccc(N(C)C)c3)ccc2n1. The van der Waals surface area contributed by atoms with Crippen molar-refractivity contribution >= 4 is 23.2 Å². The summed E-state index contributed by atoms with van der Waals surface area (Å²) in [6.07, 6.45) is 1.05. The molecule has 0 bridgehead atoms. The Kier molecular flexibility index (Phi) is 5.21. The minimum atomic E-state index is -0.548. The van der Waals surface area contributed by atoms with Crippen LogP contribution in [0.3, 0.4) is 0 Å². The van der Waals surface area contributed by atoms with Crippen molar-refractivity contribution in [2.45, 2.75) is 13.5 Å². The normalized spacial score (nSPS) is 10.6. The molecule has 2 heterocycles. The van der Waals surface area contributed by atoms with E-state index in [9.17, 15) is 4.79 Å². The van der Waals surface area contributed by atoms with Gasteiger partial charge in [0.15, 0.2) is 11.5 Å². The first-order valence-corrected chi connectivity index (χ1v) is 8.24. The van der Waals surface area contributed by atoms with E-state index in [0.717, 1.165) is 11.3 Å². The fourth-order valence-corrected chi connectivity index (χ4v) is 2.36. The van der Waals surface area contributed by atoms with Gasteiger partial charge in [0.25, 0.3) is 0 Å². The Balaban J connectivity index is 1.69. The molecule has 2 aromatic heterocycles. The van der Waals surface area contributed by atoms with E-state index < -0.39 is 6.09 Å². The molecular weight excluding hydrogens is 334 g/mol. The minimum absolute atomic E-state index is 0.296. The van der Waals surface area contributed by atoms with Crippen LogP contribution in [0.15, 0.2) is 42.6 Å². The number of nitrogens with one attached hydrogen (secondary N) is 1. The van der Waals surface area contributed by atoms with Crippen LogP contribution in [0.25, 0.3) is 5.65 Å². The molecule has 136 valence electrons. The van der Waals surface area contributed by atoms with Crippen LogP contribution in [0, 0.1) is 0 Å². The highest BCUT2D eigenvalue weighted by molar-refractivity contribution is 5.83. The monoisotopic (exact) mass is 355 g/mol. The van der Waals surface area contributed by atoms with Gasteiger partial charge in [0.2, 0.25) is 5.88 Å². The van der Waals surface area contributed by atoms with Crippen molar-refractivity contribution in [3.8, 4) is 5.88 Å². The van der Waals surface area contributed by atoms with Crippen molar-refractivity contribution in [3.63, 3.8) is 0 Å². The van der Waals surface area contributed by atoms with E-state index in [1.807, 2.05) is 37.2 Å². The molecule has 8 nitrogen and oxygen atoms in total. The van der Waals surface area contributed by atoms with Gasteiger partial charge in [-0.1, -0.05) is 12.1 Å². The zero-order valence-corrected chi connectivity index (χ0v) is 15.0. The van der Waals surface area contributed by atoms with Crippen LogP contribution < -0.4 is 15.0 Å². The molecule has 3 rings (SSSR count). The van der Waals surface area contributed by atoms with Gasteiger partial charge in [0.1, 0.15) is 6.61 Å². The third kappa shape index (κ3) is 4.21. The zero-order chi connectivity index (χ0) is 18.5. The number of imidazole rings is 1. The maximum Gasteiger partial charge on any atom is 0.412 e. The number of anilines is 2. The first-order chi connectivity index (χ1) is 12.5. The highest BCUT2D eigenvalue weighted by Gasteiger charge is 2.08. The number of amides is 1. The van der Waals surface area contributed by atoms with Crippen molar-refractivity contribution in [1.82, 2.24) is 14.6 Å². The molecular formula is C18H21N5O3. The van der Waals surface area contributed by atoms with Gasteiger partial charge in [0.05, 0.1) is 12.8 Å². The van der Waals surface area contributed by atoms with Crippen LogP contribution in [0.4, 0.5) is 16.3 Å². The third-order valence-corrected chi connectivity index (χ3v) is 3.61. The lowest BCUT2D eigenvalue weighted by Gasteiger charge is -2.13. The fraction of sp³-hybridized carbons (Fsp3) is 0.278. The van der Waals surface area contributed by atoms with Gasteiger partial charge >= 0.3 is 6.09 Å². The van der Waals surface area contributed by atoms with Gasteiger partial charge in [-0.2, -0.15) is 0 Å². The van der Waals surface area contributed by atoms with E-state index >= 15 is 0 Å². The molecule has 0 aliphatic heterocycles. The smallest absolute Gasteiger partial charge is 0.412 e. The summed E-state index contributed by atoms with van der Waals surface area (Å²) in [4.78, 5) is 17.8. The standard InChI is InChI=1S/C18H21N5O3/c1-4-25-18(24)20-15-11-23-16(19-15)8-9-17(21-23)26-12-13-6-5-7-14(10-13)22(2)3/h5-11H,4,12H2,1-3H3,(H,20,24). The number of carbonyl (C=O) groups is 1. The molecule has 0 aliphatic carbocycles. The van der Waals surface area contributed by atoms with E-state index in [2.05, 4.69) is 21.5 Å². The Morgan fingerprint density at radius 1 is 1.27 bits per heavy atom. The topological polar surface area (TPSA) is 81.0 Å². The van der Waals surface area contributed by atoms with E-state index in [-0.39, 0.29) is 0 Å². The number of carbonyl (C=O) groups excluding carboxylic acids is 1. The van der Waals surface area contributed by atoms with Gasteiger partial charge < -0.3 is 14.4 Å². The first kappa shape index (κ1) is 17.5. The summed E-state index contributed by atoms with van der Waals surface area (Å²) in [6.45, 7) is 2.44. The Morgan fingerprint density at radius 3 is 2.88 bits per heavy atom. The molecule has 8 heteroatoms. The number of ether oxygens (including phenoxy) is 2. The summed E-state index contributed by atoms with van der Waals surface area (Å²) in [7, 11) is 3.99. The molecule has 0 atom stereocenters. The van der Waals surface area contributed by atoms with Crippen molar-refractivity contribution in [2.75, 3.05) is 30.9 Å². The first-order valence-electron chi connectivity index (χ1n) is 8.24. The molecule has 0 spiro atoms. The maximum atomic E-state index is 11.5. The molecule has 1 amide bonds. The van der Waals surface area contributed by atoms with Crippen LogP contribution >= 0.6 is 0 Å². The summed E-state index contributed by atoms with van der Waals surface area (Å²) in [5.74, 6) is 0.833. The van der Waals surface area contributed by atoms with Crippen molar-refractivity contribution in [2.24, 2.45) is 0 Å². The van der Waals surface area contributed by atoms with Crippen LogP contribution in [-0.2, 0) is 11.3 Å². The van der Waals surface area contributed by atoms with Crippen molar-refractivity contribution < 1.29 is 14.3 Å². The van der Waals surface area contributed by atoms with Crippen molar-refractivity contribution in [1.29, 1.82) is 0 Å². The summed E-state index contributed by atoms with van der Waals surface area (Å²) in [5.41, 5.74) is 2.76. The number of rotatable bonds is 6. The van der Waals surface area contributed by atoms with Gasteiger partial charge in [0, 0.05) is 25.8 Å². The van der Waals surface area contributed by atoms with E-state index in [0.29, 0.717) is 30.6 Å². The van der Waals surface area contributed by atoms with E-state index in [1.54, 1.807) is 29.8 Å². The summed E-state index contributed by atoms with van der Waals surface area (Å²) in [6, 6.07) is 11.6. The predicted molar refractivity (Wildman–Crippen MR) is 98.7 cm³/mol. The second kappa shape index (κ2) is 7.73. The number of aromatic nitrogens is 3. The van der Waals surface area contributed by atoms with Crippen molar-refractivity contribution in [3.05, 3.63) is 48.2 Å². The van der Waals surface area contributed by atoms with Gasteiger partial charge in [-0.05, 0) is 30.7 Å². The van der Waals surface area contributed by atoms with Gasteiger partial charge in [-0.15, -0.1) is 5.10 Å². The Bertz CT molecular complexity index is 907. The van der Waals surface area contributed by atoms with E-state index in [4.69, 9.17) is 9.47 Å². The summed E-state index contributed by atoms with van der Waals surface area (Å²) in [5, 5.41) is 6.90. The number of fused-ring (bicyclic) bond motifs is 1. The molecule has 0 unspecified atom stereocenters. The summed E-state index contributed by atoms with van der Waals surface area (Å²) < 4.78 is 12.2. The number of benzene rings is 1. The molecule has 1 aromatic carbocycles. The largest absolute Gasteiger partial charge is 0.472 e. The average Bonchev–Trinajstić information content (AvgIpc) is 3.01. The number of hydrogen-bond donors (Lipinski definition) is 1. The average molecular weight is 355 g/mol. The molecule has 0 radical (unpaired) electrons. The lowest BCUT2D eigenvalue weighted by molar-refractivity contribution is 0.168. The quantitative estimate of drug-likeness (QED) is 0.732. The third-order valence-electron chi connectivity index (χ3n) is 3.61. The molecule has 0 fully saturated rings. The highest BCUT2D eigenvalue weighted by atomic mass is 16.5. The molecule has 26 heavy (non-hydrogen) atoms. The minimum Gasteiger partial charge on any atom is -0.472 e. The lowest BCUT2D eigenvalue weighted by atomic mass is 10.2. The van der Waals surface area contributed by atoms with Crippen LogP contribution in [0.5, 0.6) is 5.88 Å². The highest BCUT2D eigenvalue weighted by Crippen LogP contribution is 2.17. The Hall–Kier alpha value is -3.29. The molecule has 0 saturated heterocycles. The van der Waals surface area contributed by atoms with Gasteiger partial charge in [-0.3, -0.25) is 5.32 Å². The number of nitrogens with zero attached hydrogens (tertiary/aromatic N) is 4. The summed E-state index contributed by atoms with van der Waals surface area (Å²) >= 11 is 0. The molecule has 3 aromatic rings. The fourth-order valence-electron chi connectivity index (χ4n) is 2.36. The van der Waals surface area contributed by atoms with Crippen LogP contribution in [0.1, 0.15) is 12.5 Å². The molecule has 1 N–H and O–H groups in total. The second-order valence-corrected chi connectivity index (χ2v) is 5.80. The predicted octanol–water partition coefficient (Wildman–Crippen LogP) is 2.94. The second-order valence-electron chi connectivity index (χ2n) is 5.80. The molecule has 0 saturated carbocycles. The lowest BCUT2D eigenvalue weighted by Crippen LogP contribution is -2.13. The Morgan fingerprint density at radius 2 is 2.12 bits per heavy atom. The zero-order valence-electron chi connectivity index (χ0n) is 15.0. The van der Waals surface area contributed by atoms with Gasteiger partial charge in [-0.25, -0.2) is 14.3 Å². The van der Waals surface area contributed by atoms with Crippen LogP contribution in [-0.4, -0.2) is 41.4 Å². The number of hydrogen-bond acceptors (Lipinski definition) is 6. The maximum absolute atomic E-state index is 11.5. The Labute approximate surface area is 151 Å².